The fourth-order valence-corrected chi connectivity index (χ4v) is 1.43. The lowest BCUT2D eigenvalue weighted by atomic mass is 10.2. The molecule has 0 spiro atoms. The maximum atomic E-state index is 13.0. The van der Waals surface area contributed by atoms with Crippen molar-refractivity contribution in [3.8, 4) is 0 Å². The Morgan fingerprint density at radius 2 is 2.18 bits per heavy atom. The zero-order chi connectivity index (χ0) is 12.7. The molecule has 0 aliphatic carbocycles. The van der Waals surface area contributed by atoms with Crippen molar-refractivity contribution in [1.29, 1.82) is 0 Å². The standard InChI is InChI=1S/C13H19FN2O/c1-3-4-7-15-13(17)9-16-12-8-11(14)6-5-10(12)2/h5-6,8,16H,3-4,7,9H2,1-2H3,(H,15,17). The van der Waals surface area contributed by atoms with Gasteiger partial charge in [0.15, 0.2) is 0 Å². The van der Waals surface area contributed by atoms with Crippen LogP contribution in [-0.2, 0) is 4.79 Å². The number of hydrogen-bond donors (Lipinski definition) is 2. The summed E-state index contributed by atoms with van der Waals surface area (Å²) in [7, 11) is 0. The molecule has 2 N–H and O–H groups in total. The number of rotatable bonds is 6. The second kappa shape index (κ2) is 6.89. The van der Waals surface area contributed by atoms with Crippen LogP contribution in [0.1, 0.15) is 25.3 Å². The van der Waals surface area contributed by atoms with E-state index in [9.17, 15) is 9.18 Å². The van der Waals surface area contributed by atoms with Crippen molar-refractivity contribution < 1.29 is 9.18 Å². The molecule has 94 valence electrons. The van der Waals surface area contributed by atoms with Gasteiger partial charge < -0.3 is 10.6 Å². The first-order valence-corrected chi connectivity index (χ1v) is 5.90. The molecular formula is C13H19FN2O. The topological polar surface area (TPSA) is 41.1 Å². The summed E-state index contributed by atoms with van der Waals surface area (Å²) < 4.78 is 13.0. The fraction of sp³-hybridized carbons (Fsp3) is 0.462. The number of aryl methyl sites for hydroxylation is 1. The first-order valence-electron chi connectivity index (χ1n) is 5.90. The van der Waals surface area contributed by atoms with Crippen LogP contribution in [0.5, 0.6) is 0 Å². The van der Waals surface area contributed by atoms with Crippen molar-refractivity contribution in [2.45, 2.75) is 26.7 Å². The lowest BCUT2D eigenvalue weighted by Crippen LogP contribution is -2.30. The van der Waals surface area contributed by atoms with Crippen molar-refractivity contribution in [2.24, 2.45) is 0 Å². The van der Waals surface area contributed by atoms with Gasteiger partial charge >= 0.3 is 0 Å². The van der Waals surface area contributed by atoms with Crippen LogP contribution in [0.2, 0.25) is 0 Å². The third kappa shape index (κ3) is 4.85. The minimum atomic E-state index is -0.301. The molecule has 1 amide bonds. The first-order chi connectivity index (χ1) is 8.13. The highest BCUT2D eigenvalue weighted by molar-refractivity contribution is 5.80. The molecule has 3 nitrogen and oxygen atoms in total. The average molecular weight is 238 g/mol. The van der Waals surface area contributed by atoms with Gasteiger partial charge in [-0.1, -0.05) is 19.4 Å². The Hall–Kier alpha value is -1.58. The van der Waals surface area contributed by atoms with Gasteiger partial charge in [-0.05, 0) is 31.0 Å². The largest absolute Gasteiger partial charge is 0.376 e. The van der Waals surface area contributed by atoms with Crippen LogP contribution < -0.4 is 10.6 Å². The fourth-order valence-electron chi connectivity index (χ4n) is 1.43. The minimum absolute atomic E-state index is 0.0675. The molecule has 0 saturated heterocycles. The summed E-state index contributed by atoms with van der Waals surface area (Å²) in [5.41, 5.74) is 1.59. The highest BCUT2D eigenvalue weighted by Crippen LogP contribution is 2.15. The molecule has 1 rings (SSSR count). The summed E-state index contributed by atoms with van der Waals surface area (Å²) in [6, 6.07) is 4.49. The summed E-state index contributed by atoms with van der Waals surface area (Å²) in [4.78, 5) is 11.4. The van der Waals surface area contributed by atoms with Gasteiger partial charge in [0.2, 0.25) is 5.91 Å². The van der Waals surface area contributed by atoms with Gasteiger partial charge in [-0.25, -0.2) is 4.39 Å². The first kappa shape index (κ1) is 13.5. The molecule has 0 bridgehead atoms. The Labute approximate surface area is 101 Å². The highest BCUT2D eigenvalue weighted by Gasteiger charge is 2.03. The zero-order valence-corrected chi connectivity index (χ0v) is 10.3. The number of unbranched alkanes of at least 4 members (excludes halogenated alkanes) is 1. The number of halogens is 1. The quantitative estimate of drug-likeness (QED) is 0.747. The predicted octanol–water partition coefficient (Wildman–Crippen LogP) is 2.46. The molecule has 1 aromatic carbocycles. The predicted molar refractivity (Wildman–Crippen MR) is 67.5 cm³/mol. The summed E-state index contributed by atoms with van der Waals surface area (Å²) in [6.07, 6.45) is 2.03. The van der Waals surface area contributed by atoms with Gasteiger partial charge in [-0.2, -0.15) is 0 Å². The zero-order valence-electron chi connectivity index (χ0n) is 10.3. The summed E-state index contributed by atoms with van der Waals surface area (Å²) >= 11 is 0. The second-order valence-corrected chi connectivity index (χ2v) is 4.02. The van der Waals surface area contributed by atoms with E-state index in [2.05, 4.69) is 17.6 Å². The van der Waals surface area contributed by atoms with Gasteiger partial charge in [0.1, 0.15) is 5.82 Å². The highest BCUT2D eigenvalue weighted by atomic mass is 19.1. The Bertz CT molecular complexity index is 380. The summed E-state index contributed by atoms with van der Waals surface area (Å²) in [5, 5.41) is 5.72. The van der Waals surface area contributed by atoms with Crippen LogP contribution in [0.4, 0.5) is 10.1 Å². The van der Waals surface area contributed by atoms with Crippen LogP contribution in [0.15, 0.2) is 18.2 Å². The SMILES string of the molecule is CCCCNC(=O)CNc1cc(F)ccc1C. The van der Waals surface area contributed by atoms with Gasteiger partial charge in [-0.3, -0.25) is 4.79 Å². The Morgan fingerprint density at radius 1 is 1.41 bits per heavy atom. The average Bonchev–Trinajstić information content (AvgIpc) is 2.31. The molecule has 0 aliphatic rings. The Balaban J connectivity index is 2.39. The molecule has 0 heterocycles. The maximum absolute atomic E-state index is 13.0. The molecule has 0 atom stereocenters. The molecule has 0 radical (unpaired) electrons. The van der Waals surface area contributed by atoms with Gasteiger partial charge in [0.25, 0.3) is 0 Å². The molecule has 0 unspecified atom stereocenters. The third-order valence-electron chi connectivity index (χ3n) is 2.49. The van der Waals surface area contributed by atoms with Crippen molar-refractivity contribution in [2.75, 3.05) is 18.4 Å². The van der Waals surface area contributed by atoms with Crippen LogP contribution in [0.3, 0.4) is 0 Å². The van der Waals surface area contributed by atoms with Crippen LogP contribution >= 0.6 is 0 Å². The van der Waals surface area contributed by atoms with E-state index in [1.54, 1.807) is 6.07 Å². The van der Waals surface area contributed by atoms with Crippen molar-refractivity contribution in [3.63, 3.8) is 0 Å². The molecule has 0 aromatic heterocycles. The van der Waals surface area contributed by atoms with E-state index in [4.69, 9.17) is 0 Å². The molecule has 0 aliphatic heterocycles. The van der Waals surface area contributed by atoms with E-state index in [-0.39, 0.29) is 18.3 Å². The second-order valence-electron chi connectivity index (χ2n) is 4.02. The number of benzene rings is 1. The van der Waals surface area contributed by atoms with E-state index in [1.165, 1.54) is 12.1 Å². The molecule has 0 fully saturated rings. The van der Waals surface area contributed by atoms with E-state index < -0.39 is 0 Å². The van der Waals surface area contributed by atoms with Crippen LogP contribution in [0, 0.1) is 12.7 Å². The Morgan fingerprint density at radius 3 is 2.88 bits per heavy atom. The van der Waals surface area contributed by atoms with E-state index in [0.29, 0.717) is 12.2 Å². The Kier molecular flexibility index (Phi) is 5.46. The number of carbonyl (C=O) groups excluding carboxylic acids is 1. The number of anilines is 1. The summed E-state index contributed by atoms with van der Waals surface area (Å²) in [5.74, 6) is -0.369. The van der Waals surface area contributed by atoms with E-state index in [0.717, 1.165) is 18.4 Å². The molecule has 4 heteroatoms. The van der Waals surface area contributed by atoms with Crippen LogP contribution in [-0.4, -0.2) is 19.0 Å². The molecule has 1 aromatic rings. The van der Waals surface area contributed by atoms with Crippen LogP contribution in [0.25, 0.3) is 0 Å². The van der Waals surface area contributed by atoms with Crippen molar-refractivity contribution in [3.05, 3.63) is 29.6 Å². The van der Waals surface area contributed by atoms with Gasteiger partial charge in [-0.15, -0.1) is 0 Å². The monoisotopic (exact) mass is 238 g/mol. The molecular weight excluding hydrogens is 219 g/mol. The minimum Gasteiger partial charge on any atom is -0.376 e. The number of nitrogens with one attached hydrogen (secondary N) is 2. The number of amides is 1. The normalized spacial score (nSPS) is 10.1. The summed E-state index contributed by atoms with van der Waals surface area (Å²) in [6.45, 7) is 4.81. The van der Waals surface area contributed by atoms with Crippen molar-refractivity contribution in [1.82, 2.24) is 5.32 Å². The molecule has 0 saturated carbocycles. The molecule has 17 heavy (non-hydrogen) atoms. The lowest BCUT2D eigenvalue weighted by molar-refractivity contribution is -0.119. The maximum Gasteiger partial charge on any atom is 0.239 e. The number of hydrogen-bond acceptors (Lipinski definition) is 2. The lowest BCUT2D eigenvalue weighted by Gasteiger charge is -2.09. The van der Waals surface area contributed by atoms with Gasteiger partial charge in [0.05, 0.1) is 6.54 Å². The number of carbonyl (C=O) groups is 1. The van der Waals surface area contributed by atoms with Gasteiger partial charge in [0, 0.05) is 12.2 Å². The smallest absolute Gasteiger partial charge is 0.239 e. The third-order valence-corrected chi connectivity index (χ3v) is 2.49. The van der Waals surface area contributed by atoms with E-state index in [1.807, 2.05) is 6.92 Å². The van der Waals surface area contributed by atoms with E-state index >= 15 is 0 Å². The van der Waals surface area contributed by atoms with Crippen molar-refractivity contribution >= 4 is 11.6 Å².